The van der Waals surface area contributed by atoms with Gasteiger partial charge in [0.15, 0.2) is 11.5 Å². The predicted molar refractivity (Wildman–Crippen MR) is 88.2 cm³/mol. The first kappa shape index (κ1) is 16.4. The van der Waals surface area contributed by atoms with E-state index in [0.717, 1.165) is 11.1 Å². The first-order valence-electron chi connectivity index (χ1n) is 7.10. The molecule has 2 N–H and O–H groups in total. The van der Waals surface area contributed by atoms with E-state index < -0.39 is 5.97 Å². The van der Waals surface area contributed by atoms with Crippen LogP contribution in [0.25, 0.3) is 12.2 Å². The fraction of sp³-hybridized carbons (Fsp3) is 0.167. The lowest BCUT2D eigenvalue weighted by Gasteiger charge is -2.10. The van der Waals surface area contributed by atoms with E-state index in [9.17, 15) is 9.90 Å². The molecule has 0 aliphatic rings. The van der Waals surface area contributed by atoms with Crippen LogP contribution in [0.15, 0.2) is 36.4 Å². The second-order valence-corrected chi connectivity index (χ2v) is 4.76. The third kappa shape index (κ3) is 4.03. The summed E-state index contributed by atoms with van der Waals surface area (Å²) in [4.78, 5) is 10.8. The number of hydrogen-bond acceptors (Lipinski definition) is 4. The highest BCUT2D eigenvalue weighted by Gasteiger charge is 2.09. The number of methoxy groups -OCH3 is 1. The van der Waals surface area contributed by atoms with Gasteiger partial charge in [0.25, 0.3) is 0 Å². The fourth-order valence-electron chi connectivity index (χ4n) is 2.07. The van der Waals surface area contributed by atoms with Crippen LogP contribution < -0.4 is 9.47 Å². The third-order valence-corrected chi connectivity index (χ3v) is 3.22. The van der Waals surface area contributed by atoms with Crippen molar-refractivity contribution in [1.82, 2.24) is 0 Å². The van der Waals surface area contributed by atoms with Crippen molar-refractivity contribution < 1.29 is 24.5 Å². The van der Waals surface area contributed by atoms with Gasteiger partial charge in [-0.3, -0.25) is 0 Å². The molecule has 0 amide bonds. The third-order valence-electron chi connectivity index (χ3n) is 3.22. The highest BCUT2D eigenvalue weighted by molar-refractivity contribution is 5.88. The highest BCUT2D eigenvalue weighted by atomic mass is 16.5. The molecular formula is C18H18O5. The molecule has 0 bridgehead atoms. The number of phenolic OH excluding ortho intramolecular Hbond substituents is 1. The Hall–Kier alpha value is -2.95. The first-order valence-corrected chi connectivity index (χ1v) is 7.10. The summed E-state index contributed by atoms with van der Waals surface area (Å²) in [6.07, 6.45) is 3.65. The lowest BCUT2D eigenvalue weighted by Crippen LogP contribution is -1.95. The number of ether oxygens (including phenoxy) is 2. The maximum atomic E-state index is 10.8. The van der Waals surface area contributed by atoms with E-state index in [0.29, 0.717) is 18.1 Å². The van der Waals surface area contributed by atoms with E-state index in [1.807, 2.05) is 19.1 Å². The van der Waals surface area contributed by atoms with E-state index >= 15 is 0 Å². The van der Waals surface area contributed by atoms with E-state index in [1.165, 1.54) is 13.2 Å². The lowest BCUT2D eigenvalue weighted by atomic mass is 10.1. The maximum absolute atomic E-state index is 10.8. The van der Waals surface area contributed by atoms with Crippen LogP contribution in [0.3, 0.4) is 0 Å². The Morgan fingerprint density at radius 1 is 1.13 bits per heavy atom. The van der Waals surface area contributed by atoms with Gasteiger partial charge in [-0.15, -0.1) is 0 Å². The molecule has 0 aromatic heterocycles. The number of aromatic hydroxyl groups is 1. The minimum Gasteiger partial charge on any atom is -0.504 e. The van der Waals surface area contributed by atoms with Gasteiger partial charge in [-0.25, -0.2) is 4.79 Å². The van der Waals surface area contributed by atoms with Crippen LogP contribution in [-0.2, 0) is 0 Å². The molecule has 0 heterocycles. The number of aromatic carboxylic acids is 1. The van der Waals surface area contributed by atoms with Crippen LogP contribution in [0.2, 0.25) is 0 Å². The number of hydrogen-bond donors (Lipinski definition) is 2. The smallest absolute Gasteiger partial charge is 0.335 e. The topological polar surface area (TPSA) is 76.0 Å². The molecule has 0 fully saturated rings. The zero-order chi connectivity index (χ0) is 16.8. The van der Waals surface area contributed by atoms with Gasteiger partial charge in [-0.2, -0.15) is 0 Å². The second kappa shape index (κ2) is 7.35. The molecule has 120 valence electrons. The van der Waals surface area contributed by atoms with Crippen molar-refractivity contribution in [3.63, 3.8) is 0 Å². The molecule has 5 nitrogen and oxygen atoms in total. The number of carboxylic acid groups (broad SMARTS) is 1. The fourth-order valence-corrected chi connectivity index (χ4v) is 2.07. The van der Waals surface area contributed by atoms with Crippen LogP contribution in [0.1, 0.15) is 28.4 Å². The number of carboxylic acids is 1. The Labute approximate surface area is 134 Å². The summed E-state index contributed by atoms with van der Waals surface area (Å²) in [5, 5.41) is 18.7. The molecule has 0 unspecified atom stereocenters. The summed E-state index contributed by atoms with van der Waals surface area (Å²) in [5.41, 5.74) is 1.84. The van der Waals surface area contributed by atoms with Crippen molar-refractivity contribution >= 4 is 18.1 Å². The zero-order valence-corrected chi connectivity index (χ0v) is 12.9. The monoisotopic (exact) mass is 314 g/mol. The van der Waals surface area contributed by atoms with Crippen LogP contribution >= 0.6 is 0 Å². The summed E-state index contributed by atoms with van der Waals surface area (Å²) in [5.74, 6) is -0.0349. The summed E-state index contributed by atoms with van der Waals surface area (Å²) in [7, 11) is 1.52. The molecule has 23 heavy (non-hydrogen) atoms. The molecule has 5 heteroatoms. The van der Waals surface area contributed by atoms with Crippen molar-refractivity contribution in [1.29, 1.82) is 0 Å². The van der Waals surface area contributed by atoms with Crippen LogP contribution in [0.4, 0.5) is 0 Å². The molecule has 0 aliphatic carbocycles. The molecule has 2 aromatic carbocycles. The molecule has 0 saturated carbocycles. The number of phenols is 1. The number of benzene rings is 2. The summed E-state index contributed by atoms with van der Waals surface area (Å²) in [6, 6.07) is 9.72. The van der Waals surface area contributed by atoms with Crippen LogP contribution in [0, 0.1) is 0 Å². The highest BCUT2D eigenvalue weighted by Crippen LogP contribution is 2.34. The number of carbonyl (C=O) groups is 1. The molecule has 0 radical (unpaired) electrons. The Kier molecular flexibility index (Phi) is 5.25. The Bertz CT molecular complexity index is 717. The van der Waals surface area contributed by atoms with Crippen molar-refractivity contribution in [3.05, 3.63) is 53.1 Å². The van der Waals surface area contributed by atoms with Gasteiger partial charge in [0, 0.05) is 11.6 Å². The minimum absolute atomic E-state index is 0.0201. The molecule has 2 aromatic rings. The summed E-state index contributed by atoms with van der Waals surface area (Å²) >= 11 is 0. The number of rotatable bonds is 6. The molecule has 0 saturated heterocycles. The van der Waals surface area contributed by atoms with Crippen LogP contribution in [-0.4, -0.2) is 29.9 Å². The molecule has 2 rings (SSSR count). The quantitative estimate of drug-likeness (QED) is 0.796. The standard InChI is InChI=1S/C18H18O5/c1-3-23-17-10-14(16(22-2)11-15(17)19)9-6-12-4-7-13(8-5-12)18(20)21/h4-11,19H,3H2,1-2H3,(H,20,21)/b9-6+. The normalized spacial score (nSPS) is 10.7. The Morgan fingerprint density at radius 3 is 2.39 bits per heavy atom. The van der Waals surface area contributed by atoms with Gasteiger partial charge in [0.1, 0.15) is 5.75 Å². The van der Waals surface area contributed by atoms with Crippen molar-refractivity contribution in [2.75, 3.05) is 13.7 Å². The average molecular weight is 314 g/mol. The molecule has 0 atom stereocenters. The SMILES string of the molecule is CCOc1cc(/C=C/c2ccc(C(=O)O)cc2)c(OC)cc1O. The lowest BCUT2D eigenvalue weighted by molar-refractivity contribution is 0.0697. The summed E-state index contributed by atoms with van der Waals surface area (Å²) in [6.45, 7) is 2.28. The van der Waals surface area contributed by atoms with Crippen molar-refractivity contribution in [2.24, 2.45) is 0 Å². The van der Waals surface area contributed by atoms with Crippen molar-refractivity contribution in [3.8, 4) is 17.2 Å². The van der Waals surface area contributed by atoms with Gasteiger partial charge in [0.05, 0.1) is 19.3 Å². The van der Waals surface area contributed by atoms with Gasteiger partial charge in [-0.05, 0) is 30.7 Å². The zero-order valence-electron chi connectivity index (χ0n) is 12.9. The van der Waals surface area contributed by atoms with Gasteiger partial charge in [0.2, 0.25) is 0 Å². The van der Waals surface area contributed by atoms with Gasteiger partial charge < -0.3 is 19.7 Å². The molecule has 0 spiro atoms. The van der Waals surface area contributed by atoms with Gasteiger partial charge in [-0.1, -0.05) is 24.3 Å². The largest absolute Gasteiger partial charge is 0.504 e. The van der Waals surface area contributed by atoms with Crippen LogP contribution in [0.5, 0.6) is 17.2 Å². The maximum Gasteiger partial charge on any atom is 0.335 e. The van der Waals surface area contributed by atoms with E-state index in [4.69, 9.17) is 14.6 Å². The van der Waals surface area contributed by atoms with Crippen molar-refractivity contribution in [2.45, 2.75) is 6.92 Å². The Balaban J connectivity index is 2.30. The molecular weight excluding hydrogens is 296 g/mol. The average Bonchev–Trinajstić information content (AvgIpc) is 2.55. The van der Waals surface area contributed by atoms with E-state index in [1.54, 1.807) is 30.3 Å². The predicted octanol–water partition coefficient (Wildman–Crippen LogP) is 3.67. The summed E-state index contributed by atoms with van der Waals surface area (Å²) < 4.78 is 10.6. The minimum atomic E-state index is -0.956. The first-order chi connectivity index (χ1) is 11.0. The second-order valence-electron chi connectivity index (χ2n) is 4.76. The van der Waals surface area contributed by atoms with Gasteiger partial charge >= 0.3 is 5.97 Å². The van der Waals surface area contributed by atoms with E-state index in [-0.39, 0.29) is 11.3 Å². The molecule has 0 aliphatic heterocycles. The Morgan fingerprint density at radius 2 is 1.83 bits per heavy atom. The van der Waals surface area contributed by atoms with E-state index in [2.05, 4.69) is 0 Å².